The maximum atomic E-state index is 12.4. The molecule has 107 heavy (non-hydrogen) atoms. The Hall–Kier alpha value is -4.96. The molecule has 2 aromatic carbocycles. The van der Waals surface area contributed by atoms with Crippen molar-refractivity contribution in [1.82, 2.24) is 20.9 Å². The van der Waals surface area contributed by atoms with Gasteiger partial charge in [-0.2, -0.15) is 0 Å². The van der Waals surface area contributed by atoms with E-state index in [9.17, 15) is 65.1 Å². The van der Waals surface area contributed by atoms with Gasteiger partial charge < -0.3 is 153 Å². The first-order chi connectivity index (χ1) is 52.1. The number of ether oxygens (including phenoxy) is 17. The summed E-state index contributed by atoms with van der Waals surface area (Å²) in [6, 6.07) is 15.3. The number of benzene rings is 2. The van der Waals surface area contributed by atoms with E-state index in [0.29, 0.717) is 184 Å². The van der Waals surface area contributed by atoms with Gasteiger partial charge in [0.05, 0.1) is 237 Å². The maximum Gasteiger partial charge on any atom is 0.407 e. The minimum atomic E-state index is -1.89. The Kier molecular flexibility index (Phi) is 58.2. The summed E-state index contributed by atoms with van der Waals surface area (Å²) in [5, 5.41) is 116. The number of carboxylic acids is 1. The second-order valence-corrected chi connectivity index (χ2v) is 24.2. The van der Waals surface area contributed by atoms with Crippen LogP contribution >= 0.6 is 0 Å². The van der Waals surface area contributed by atoms with Crippen molar-refractivity contribution in [3.05, 3.63) is 59.7 Å². The van der Waals surface area contributed by atoms with Crippen molar-refractivity contribution in [3.63, 3.8) is 0 Å². The molecule has 36 heteroatoms. The molecule has 0 spiro atoms. The number of nitrogens with zero attached hydrogens (tertiary/aromatic N) is 1. The van der Waals surface area contributed by atoms with Crippen LogP contribution in [0.15, 0.2) is 48.5 Å². The number of nitrogens with one attached hydrogen (secondary N) is 3. The highest BCUT2D eigenvalue weighted by Crippen LogP contribution is 2.44. The van der Waals surface area contributed by atoms with E-state index < -0.39 is 99.1 Å². The van der Waals surface area contributed by atoms with Gasteiger partial charge in [0.2, 0.25) is 11.8 Å². The second-order valence-electron chi connectivity index (χ2n) is 24.2. The van der Waals surface area contributed by atoms with Gasteiger partial charge in [0.1, 0.15) is 49.3 Å². The minimum absolute atomic E-state index is 0.00853. The van der Waals surface area contributed by atoms with Gasteiger partial charge in [0.25, 0.3) is 0 Å². The Morgan fingerprint density at radius 2 is 0.692 bits per heavy atom. The molecule has 3 amide bonds. The molecule has 0 radical (unpaired) electrons. The first kappa shape index (κ1) is 96.2. The van der Waals surface area contributed by atoms with Gasteiger partial charge in [0, 0.05) is 51.5 Å². The fraction of sp³-hybridized carbons (Fsp3) is 0.775. The first-order valence-corrected chi connectivity index (χ1v) is 36.6. The SMILES string of the molecule is O=C(CCOCCOCCOCCOCCOCCOCCOCCOCCOCCOCCOCCOCCN(C[C@H](O)[C@@H](O)[C@H](O)[C@H](O)CO)C[C@H](O)[C@@H](O)[C@H](O)[C@H](O)CO)NCCCC[C@H](NC(=O)CCOCCOCCOCCOCCNC(=O)OCC1c2ccccc2-c2ccccc21)C(=O)O. The average Bonchev–Trinajstić information content (AvgIpc) is 1.62. The molecule has 3 rings (SSSR count). The number of hydrogen-bond acceptors (Lipinski definition) is 32. The molecule has 0 aliphatic heterocycles. The Balaban J connectivity index is 0.960. The van der Waals surface area contributed by atoms with Crippen LogP contribution in [0.2, 0.25) is 0 Å². The molecule has 2 aromatic rings. The van der Waals surface area contributed by atoms with Gasteiger partial charge in [-0.15, -0.1) is 0 Å². The fourth-order valence-corrected chi connectivity index (χ4v) is 10.1. The third kappa shape index (κ3) is 47.1. The number of carboxylic acid groups (broad SMARTS) is 1. The van der Waals surface area contributed by atoms with Crippen molar-refractivity contribution in [2.24, 2.45) is 0 Å². The van der Waals surface area contributed by atoms with E-state index in [4.69, 9.17) is 90.7 Å². The fourth-order valence-electron chi connectivity index (χ4n) is 10.1. The van der Waals surface area contributed by atoms with Gasteiger partial charge >= 0.3 is 12.1 Å². The summed E-state index contributed by atoms with van der Waals surface area (Å²) in [5.74, 6) is -1.79. The van der Waals surface area contributed by atoms with Gasteiger partial charge in [0.15, 0.2) is 0 Å². The summed E-state index contributed by atoms with van der Waals surface area (Å²) in [6.45, 7) is 8.76. The highest BCUT2D eigenvalue weighted by Gasteiger charge is 2.35. The lowest BCUT2D eigenvalue weighted by molar-refractivity contribution is -0.142. The molecule has 0 fully saturated rings. The molecule has 14 N–H and O–H groups in total. The van der Waals surface area contributed by atoms with E-state index >= 15 is 0 Å². The van der Waals surface area contributed by atoms with Crippen LogP contribution in [0.25, 0.3) is 11.1 Å². The molecule has 618 valence electrons. The molecule has 0 aromatic heterocycles. The van der Waals surface area contributed by atoms with Crippen LogP contribution in [0.4, 0.5) is 4.79 Å². The van der Waals surface area contributed by atoms with Crippen LogP contribution in [-0.2, 0) is 94.9 Å². The van der Waals surface area contributed by atoms with Crippen LogP contribution in [0, 0.1) is 0 Å². The molecule has 0 saturated heterocycles. The van der Waals surface area contributed by atoms with Crippen LogP contribution in [0.3, 0.4) is 0 Å². The smallest absolute Gasteiger partial charge is 0.407 e. The van der Waals surface area contributed by atoms with E-state index in [2.05, 4.69) is 40.2 Å². The first-order valence-electron chi connectivity index (χ1n) is 36.6. The van der Waals surface area contributed by atoms with E-state index in [1.165, 1.54) is 16.0 Å². The molecule has 9 atom stereocenters. The molecule has 0 bridgehead atoms. The van der Waals surface area contributed by atoms with Crippen LogP contribution in [-0.4, -0.2) is 404 Å². The summed E-state index contributed by atoms with van der Waals surface area (Å²) in [6.07, 6.45) is -13.6. The summed E-state index contributed by atoms with van der Waals surface area (Å²) in [4.78, 5) is 50.0. The number of rotatable bonds is 75. The lowest BCUT2D eigenvalue weighted by Crippen LogP contribution is -2.53. The number of fused-ring (bicyclic) bond motifs is 3. The Bertz CT molecular complexity index is 2430. The van der Waals surface area contributed by atoms with Crippen molar-refractivity contribution in [2.75, 3.05) is 264 Å². The number of aliphatic hydroxyl groups excluding tert-OH is 10. The Morgan fingerprint density at radius 1 is 0.374 bits per heavy atom. The average molecular weight is 1540 g/mol. The lowest BCUT2D eigenvalue weighted by atomic mass is 9.98. The van der Waals surface area contributed by atoms with Crippen molar-refractivity contribution in [3.8, 4) is 11.1 Å². The second kappa shape index (κ2) is 64.7. The Labute approximate surface area is 626 Å². The Morgan fingerprint density at radius 3 is 1.05 bits per heavy atom. The zero-order valence-electron chi connectivity index (χ0n) is 61.7. The zero-order chi connectivity index (χ0) is 77.6. The minimum Gasteiger partial charge on any atom is -0.480 e. The predicted octanol–water partition coefficient (Wildman–Crippen LogP) is -3.40. The van der Waals surface area contributed by atoms with E-state index in [0.717, 1.165) is 11.1 Å². The number of unbranched alkanes of at least 4 members (excludes halogenated alkanes) is 1. The topological polar surface area (TPSA) is 487 Å². The number of hydrogen-bond donors (Lipinski definition) is 14. The third-order valence-corrected chi connectivity index (χ3v) is 16.0. The molecule has 1 aliphatic rings. The van der Waals surface area contributed by atoms with Gasteiger partial charge in [-0.1, -0.05) is 48.5 Å². The van der Waals surface area contributed by atoms with Crippen molar-refractivity contribution < 1.29 is 156 Å². The van der Waals surface area contributed by atoms with Crippen LogP contribution < -0.4 is 16.0 Å². The number of alkyl carbamates (subject to hydrolysis) is 1. The number of aliphatic hydroxyl groups is 10. The van der Waals surface area contributed by atoms with E-state index in [1.807, 2.05) is 24.3 Å². The van der Waals surface area contributed by atoms with E-state index in [1.54, 1.807) is 0 Å². The molecular weight excluding hydrogens is 1420 g/mol. The summed E-state index contributed by atoms with van der Waals surface area (Å²) in [5.41, 5.74) is 4.64. The summed E-state index contributed by atoms with van der Waals surface area (Å²) in [7, 11) is 0. The molecular formula is C71H122N4O32. The van der Waals surface area contributed by atoms with Crippen LogP contribution in [0.1, 0.15) is 49.1 Å². The molecule has 1 aliphatic carbocycles. The normalized spacial score (nSPS) is 14.8. The number of aliphatic carboxylic acids is 1. The lowest BCUT2D eigenvalue weighted by Gasteiger charge is -2.33. The van der Waals surface area contributed by atoms with Crippen LogP contribution in [0.5, 0.6) is 0 Å². The molecule has 36 nitrogen and oxygen atoms in total. The summed E-state index contributed by atoms with van der Waals surface area (Å²) < 4.78 is 93.5. The highest BCUT2D eigenvalue weighted by molar-refractivity contribution is 5.83. The van der Waals surface area contributed by atoms with Crippen molar-refractivity contribution in [2.45, 2.75) is 92.9 Å². The zero-order valence-corrected chi connectivity index (χ0v) is 61.7. The largest absolute Gasteiger partial charge is 0.480 e. The summed E-state index contributed by atoms with van der Waals surface area (Å²) >= 11 is 0. The van der Waals surface area contributed by atoms with Gasteiger partial charge in [-0.25, -0.2) is 9.59 Å². The monoisotopic (exact) mass is 1540 g/mol. The number of amides is 3. The quantitative estimate of drug-likeness (QED) is 0.0287. The van der Waals surface area contributed by atoms with Gasteiger partial charge in [-0.3, -0.25) is 14.5 Å². The number of carbonyl (C=O) groups is 4. The standard InChI is InChI=1S/C71H122N4O32/c76-51-62(80)68(86)66(84)60(78)49-75(50-61(79)67(85)69(87)63(81)52-77)16-20-94-24-28-98-32-34-100-36-38-102-40-42-104-44-46-106-48-47-105-45-43-103-41-39-101-37-35-99-33-30-95-25-21-91-17-12-64(82)72-14-6-5-11-59(70(88)89)74-65(83)13-18-92-22-26-96-29-31-97-27-23-93-19-15-73-71(90)107-53-58-56-9-3-1-7-54(56)55-8-2-4-10-57(55)58/h1-4,7-10,58-63,66-69,76-81,84-87H,5-6,11-53H2,(H,72,82)(H,73,90)(H,74,83)(H,88,89)/t59-,60-,61-,62+,63+,66+,67+,68+,69+/m0/s1. The highest BCUT2D eigenvalue weighted by atomic mass is 16.6. The van der Waals surface area contributed by atoms with E-state index in [-0.39, 0.29) is 97.1 Å². The molecule has 0 saturated carbocycles. The third-order valence-electron chi connectivity index (χ3n) is 16.0. The van der Waals surface area contributed by atoms with Crippen molar-refractivity contribution in [1.29, 1.82) is 0 Å². The number of carbonyl (C=O) groups excluding carboxylic acids is 3. The van der Waals surface area contributed by atoms with Gasteiger partial charge in [-0.05, 0) is 41.5 Å². The molecule has 0 heterocycles. The van der Waals surface area contributed by atoms with Crippen molar-refractivity contribution >= 4 is 23.9 Å². The molecule has 0 unspecified atom stereocenters. The predicted molar refractivity (Wildman–Crippen MR) is 381 cm³/mol. The maximum absolute atomic E-state index is 12.4.